The summed E-state index contributed by atoms with van der Waals surface area (Å²) in [6, 6.07) is 3.19. The standard InChI is InChI=1S/C12H11F3O2/c1-11(2)10(16)5-7-3-4-8(12(13,14)15)6-9(7)17-11/h3-6,16H,1-2H3. The molecule has 1 aliphatic heterocycles. The summed E-state index contributed by atoms with van der Waals surface area (Å²) in [5, 5.41) is 9.63. The first-order chi connectivity index (χ1) is 7.70. The number of rotatable bonds is 0. The maximum atomic E-state index is 12.5. The molecule has 0 atom stereocenters. The third-order valence-electron chi connectivity index (χ3n) is 2.62. The van der Waals surface area contributed by atoms with Crippen molar-refractivity contribution >= 4 is 6.08 Å². The number of hydrogen-bond donors (Lipinski definition) is 1. The molecule has 1 aliphatic rings. The number of benzene rings is 1. The summed E-state index contributed by atoms with van der Waals surface area (Å²) in [6.45, 7) is 3.17. The van der Waals surface area contributed by atoms with Crippen molar-refractivity contribution < 1.29 is 23.0 Å². The lowest BCUT2D eigenvalue weighted by molar-refractivity contribution is -0.137. The number of aliphatic hydroxyl groups is 1. The Morgan fingerprint density at radius 3 is 2.47 bits per heavy atom. The lowest BCUT2D eigenvalue weighted by Gasteiger charge is -2.30. The molecule has 1 aromatic carbocycles. The van der Waals surface area contributed by atoms with E-state index in [0.717, 1.165) is 12.1 Å². The van der Waals surface area contributed by atoms with E-state index in [1.165, 1.54) is 12.1 Å². The van der Waals surface area contributed by atoms with Gasteiger partial charge < -0.3 is 9.84 Å². The first-order valence-corrected chi connectivity index (χ1v) is 5.01. The Labute approximate surface area is 96.3 Å². The highest BCUT2D eigenvalue weighted by molar-refractivity contribution is 5.63. The highest BCUT2D eigenvalue weighted by Crippen LogP contribution is 2.38. The van der Waals surface area contributed by atoms with E-state index in [1.54, 1.807) is 13.8 Å². The Bertz CT molecular complexity index is 487. The molecule has 17 heavy (non-hydrogen) atoms. The molecule has 0 saturated heterocycles. The Morgan fingerprint density at radius 2 is 1.88 bits per heavy atom. The minimum Gasteiger partial charge on any atom is -0.508 e. The van der Waals surface area contributed by atoms with Crippen molar-refractivity contribution in [1.82, 2.24) is 0 Å². The minimum absolute atomic E-state index is 0.00948. The van der Waals surface area contributed by atoms with Gasteiger partial charge in [-0.15, -0.1) is 0 Å². The van der Waals surface area contributed by atoms with E-state index in [1.807, 2.05) is 0 Å². The number of alkyl halides is 3. The first kappa shape index (κ1) is 11.8. The SMILES string of the molecule is CC1(C)Oc2cc(C(F)(F)F)ccc2C=C1O. The molecule has 2 rings (SSSR count). The molecule has 0 unspecified atom stereocenters. The van der Waals surface area contributed by atoms with E-state index in [-0.39, 0.29) is 11.5 Å². The molecular weight excluding hydrogens is 233 g/mol. The van der Waals surface area contributed by atoms with Crippen LogP contribution in [0.2, 0.25) is 0 Å². The van der Waals surface area contributed by atoms with Crippen LogP contribution in [0.3, 0.4) is 0 Å². The Kier molecular flexibility index (Phi) is 2.38. The second-order valence-corrected chi connectivity index (χ2v) is 4.39. The van der Waals surface area contributed by atoms with Gasteiger partial charge in [0, 0.05) is 5.56 Å². The molecule has 0 radical (unpaired) electrons. The number of fused-ring (bicyclic) bond motifs is 1. The molecule has 0 saturated carbocycles. The van der Waals surface area contributed by atoms with Gasteiger partial charge in [0.2, 0.25) is 0 Å². The number of halogens is 3. The third kappa shape index (κ3) is 2.09. The fraction of sp³-hybridized carbons (Fsp3) is 0.333. The lowest BCUT2D eigenvalue weighted by Crippen LogP contribution is -2.33. The molecule has 0 aromatic heterocycles. The van der Waals surface area contributed by atoms with Crippen LogP contribution in [0, 0.1) is 0 Å². The summed E-state index contributed by atoms with van der Waals surface area (Å²) < 4.78 is 42.9. The Hall–Kier alpha value is -1.65. The van der Waals surface area contributed by atoms with Gasteiger partial charge in [-0.25, -0.2) is 0 Å². The number of hydrogen-bond acceptors (Lipinski definition) is 2. The van der Waals surface area contributed by atoms with Gasteiger partial charge in [0.25, 0.3) is 0 Å². The van der Waals surface area contributed by atoms with Crippen molar-refractivity contribution in [2.24, 2.45) is 0 Å². The average molecular weight is 244 g/mol. The smallest absolute Gasteiger partial charge is 0.416 e. The van der Waals surface area contributed by atoms with Crippen LogP contribution in [0.25, 0.3) is 6.08 Å². The molecule has 0 spiro atoms. The molecule has 0 bridgehead atoms. The molecule has 2 nitrogen and oxygen atoms in total. The maximum Gasteiger partial charge on any atom is 0.416 e. The fourth-order valence-electron chi connectivity index (χ4n) is 1.57. The van der Waals surface area contributed by atoms with Crippen LogP contribution in [0.5, 0.6) is 5.75 Å². The van der Waals surface area contributed by atoms with Crippen LogP contribution in [0.15, 0.2) is 24.0 Å². The van der Waals surface area contributed by atoms with Gasteiger partial charge in [-0.1, -0.05) is 6.07 Å². The fourth-order valence-corrected chi connectivity index (χ4v) is 1.57. The van der Waals surface area contributed by atoms with Crippen molar-refractivity contribution in [3.8, 4) is 5.75 Å². The zero-order valence-corrected chi connectivity index (χ0v) is 9.30. The summed E-state index contributed by atoms with van der Waals surface area (Å²) in [7, 11) is 0. The molecule has 1 N–H and O–H groups in total. The van der Waals surface area contributed by atoms with E-state index < -0.39 is 17.3 Å². The topological polar surface area (TPSA) is 29.5 Å². The van der Waals surface area contributed by atoms with Crippen molar-refractivity contribution in [2.45, 2.75) is 25.6 Å². The normalized spacial score (nSPS) is 18.1. The van der Waals surface area contributed by atoms with Crippen LogP contribution in [0.4, 0.5) is 13.2 Å². The highest BCUT2D eigenvalue weighted by Gasteiger charge is 2.34. The number of aliphatic hydroxyl groups excluding tert-OH is 1. The van der Waals surface area contributed by atoms with Crippen LogP contribution in [0.1, 0.15) is 25.0 Å². The summed E-state index contributed by atoms with van der Waals surface area (Å²) in [5.41, 5.74) is -1.33. The van der Waals surface area contributed by atoms with Crippen molar-refractivity contribution in [1.29, 1.82) is 0 Å². The van der Waals surface area contributed by atoms with Gasteiger partial charge in [0.05, 0.1) is 5.56 Å². The van der Waals surface area contributed by atoms with E-state index in [0.29, 0.717) is 5.56 Å². The zero-order valence-electron chi connectivity index (χ0n) is 9.30. The average Bonchev–Trinajstić information content (AvgIpc) is 2.17. The molecule has 0 amide bonds. The summed E-state index contributed by atoms with van der Waals surface area (Å²) in [4.78, 5) is 0. The lowest BCUT2D eigenvalue weighted by atomic mass is 9.99. The summed E-state index contributed by atoms with van der Waals surface area (Å²) in [6.07, 6.45) is -2.98. The van der Waals surface area contributed by atoms with Crippen molar-refractivity contribution in [2.75, 3.05) is 0 Å². The summed E-state index contributed by atoms with van der Waals surface area (Å²) >= 11 is 0. The molecule has 0 fully saturated rings. The van der Waals surface area contributed by atoms with E-state index >= 15 is 0 Å². The largest absolute Gasteiger partial charge is 0.508 e. The van der Waals surface area contributed by atoms with Crippen LogP contribution in [-0.2, 0) is 6.18 Å². The van der Waals surface area contributed by atoms with E-state index in [9.17, 15) is 18.3 Å². The van der Waals surface area contributed by atoms with Crippen LogP contribution in [-0.4, -0.2) is 10.7 Å². The predicted molar refractivity (Wildman–Crippen MR) is 56.8 cm³/mol. The van der Waals surface area contributed by atoms with Gasteiger partial charge in [-0.3, -0.25) is 0 Å². The van der Waals surface area contributed by atoms with Crippen molar-refractivity contribution in [3.05, 3.63) is 35.1 Å². The number of ether oxygens (including phenoxy) is 1. The Morgan fingerprint density at radius 1 is 1.24 bits per heavy atom. The molecule has 1 aromatic rings. The monoisotopic (exact) mass is 244 g/mol. The van der Waals surface area contributed by atoms with Gasteiger partial charge in [0.1, 0.15) is 11.5 Å². The minimum atomic E-state index is -4.40. The molecular formula is C12H11F3O2. The predicted octanol–water partition coefficient (Wildman–Crippen LogP) is 3.78. The van der Waals surface area contributed by atoms with Gasteiger partial charge in [-0.2, -0.15) is 13.2 Å². The second-order valence-electron chi connectivity index (χ2n) is 4.39. The van der Waals surface area contributed by atoms with Crippen molar-refractivity contribution in [3.63, 3.8) is 0 Å². The zero-order chi connectivity index (χ0) is 12.8. The second kappa shape index (κ2) is 3.42. The van der Waals surface area contributed by atoms with Gasteiger partial charge in [-0.05, 0) is 32.1 Å². The molecule has 5 heteroatoms. The van der Waals surface area contributed by atoms with Crippen LogP contribution < -0.4 is 4.74 Å². The molecule has 0 aliphatic carbocycles. The molecule has 92 valence electrons. The highest BCUT2D eigenvalue weighted by atomic mass is 19.4. The Balaban J connectivity index is 2.50. The quantitative estimate of drug-likeness (QED) is 0.752. The van der Waals surface area contributed by atoms with E-state index in [2.05, 4.69) is 0 Å². The van der Waals surface area contributed by atoms with Crippen LogP contribution >= 0.6 is 0 Å². The van der Waals surface area contributed by atoms with Gasteiger partial charge >= 0.3 is 6.18 Å². The first-order valence-electron chi connectivity index (χ1n) is 5.01. The van der Waals surface area contributed by atoms with Gasteiger partial charge in [0.15, 0.2) is 5.60 Å². The summed E-state index contributed by atoms with van der Waals surface area (Å²) in [5.74, 6) is 0.118. The third-order valence-corrected chi connectivity index (χ3v) is 2.62. The maximum absolute atomic E-state index is 12.5. The van der Waals surface area contributed by atoms with E-state index in [4.69, 9.17) is 4.74 Å². The molecule has 1 heterocycles.